The zero-order valence-corrected chi connectivity index (χ0v) is 12.8. The number of phenols is 1. The molecule has 1 aliphatic rings. The average molecular weight is 261 g/mol. The van der Waals surface area contributed by atoms with Gasteiger partial charge in [-0.15, -0.1) is 0 Å². The van der Waals surface area contributed by atoms with E-state index in [0.717, 1.165) is 17.7 Å². The number of phenolic OH excluding ortho intramolecular Hbond substituents is 1. The minimum absolute atomic E-state index is 0.445. The van der Waals surface area contributed by atoms with Crippen molar-refractivity contribution in [3.8, 4) is 5.75 Å². The van der Waals surface area contributed by atoms with Crippen molar-refractivity contribution in [1.82, 2.24) is 4.90 Å². The van der Waals surface area contributed by atoms with E-state index in [-0.39, 0.29) is 0 Å². The Labute approximate surface area is 117 Å². The molecule has 0 aromatic heterocycles. The molecule has 106 valence electrons. The fourth-order valence-electron chi connectivity index (χ4n) is 3.03. The number of rotatable bonds is 2. The van der Waals surface area contributed by atoms with Crippen LogP contribution in [0.1, 0.15) is 49.8 Å². The molecule has 1 heterocycles. The van der Waals surface area contributed by atoms with Crippen molar-refractivity contribution in [2.75, 3.05) is 13.1 Å². The van der Waals surface area contributed by atoms with E-state index in [1.807, 2.05) is 13.8 Å². The average Bonchev–Trinajstić information content (AvgIpc) is 2.48. The van der Waals surface area contributed by atoms with Gasteiger partial charge in [0.2, 0.25) is 0 Å². The fourth-order valence-corrected chi connectivity index (χ4v) is 3.03. The number of hydrogen-bond donors (Lipinski definition) is 1. The van der Waals surface area contributed by atoms with Crippen molar-refractivity contribution in [2.45, 2.75) is 53.5 Å². The van der Waals surface area contributed by atoms with Crippen LogP contribution in [0.4, 0.5) is 0 Å². The molecular weight excluding hydrogens is 234 g/mol. The van der Waals surface area contributed by atoms with Gasteiger partial charge in [-0.05, 0) is 68.3 Å². The monoisotopic (exact) mass is 261 g/mol. The Kier molecular flexibility index (Phi) is 4.19. The second-order valence-corrected chi connectivity index (χ2v) is 6.87. The largest absolute Gasteiger partial charge is 0.507 e. The highest BCUT2D eigenvalue weighted by atomic mass is 16.3. The molecule has 0 aliphatic carbocycles. The van der Waals surface area contributed by atoms with Gasteiger partial charge < -0.3 is 5.11 Å². The van der Waals surface area contributed by atoms with Crippen molar-refractivity contribution < 1.29 is 5.11 Å². The Morgan fingerprint density at radius 2 is 1.74 bits per heavy atom. The molecule has 2 heteroatoms. The van der Waals surface area contributed by atoms with Crippen LogP contribution < -0.4 is 0 Å². The van der Waals surface area contributed by atoms with Gasteiger partial charge in [0.05, 0.1) is 0 Å². The molecule has 1 aromatic carbocycles. The van der Waals surface area contributed by atoms with Crippen molar-refractivity contribution in [1.29, 1.82) is 0 Å². The second kappa shape index (κ2) is 5.54. The summed E-state index contributed by atoms with van der Waals surface area (Å²) in [5, 5.41) is 9.84. The van der Waals surface area contributed by atoms with Crippen LogP contribution in [-0.2, 0) is 6.54 Å². The lowest BCUT2D eigenvalue weighted by Crippen LogP contribution is -2.25. The van der Waals surface area contributed by atoms with Gasteiger partial charge in [0, 0.05) is 6.54 Å². The molecule has 0 amide bonds. The first kappa shape index (κ1) is 14.4. The third-order valence-corrected chi connectivity index (χ3v) is 4.39. The summed E-state index contributed by atoms with van der Waals surface area (Å²) in [6, 6.07) is 4.25. The van der Waals surface area contributed by atoms with Gasteiger partial charge in [0.1, 0.15) is 5.75 Å². The summed E-state index contributed by atoms with van der Waals surface area (Å²) in [5.74, 6) is 0.445. The minimum atomic E-state index is 0.445. The zero-order chi connectivity index (χ0) is 14.0. The van der Waals surface area contributed by atoms with Crippen molar-refractivity contribution in [3.63, 3.8) is 0 Å². The molecule has 1 N–H and O–H groups in total. The van der Waals surface area contributed by atoms with E-state index in [9.17, 15) is 5.11 Å². The van der Waals surface area contributed by atoms with Gasteiger partial charge in [0.25, 0.3) is 0 Å². The Morgan fingerprint density at radius 3 is 2.37 bits per heavy atom. The van der Waals surface area contributed by atoms with E-state index in [0.29, 0.717) is 11.2 Å². The number of aromatic hydroxyl groups is 1. The topological polar surface area (TPSA) is 23.5 Å². The van der Waals surface area contributed by atoms with Gasteiger partial charge in [-0.25, -0.2) is 0 Å². The van der Waals surface area contributed by atoms with Crippen LogP contribution in [0.3, 0.4) is 0 Å². The van der Waals surface area contributed by atoms with Gasteiger partial charge in [0.15, 0.2) is 0 Å². The van der Waals surface area contributed by atoms with E-state index in [1.54, 1.807) is 0 Å². The third kappa shape index (κ3) is 3.73. The second-order valence-electron chi connectivity index (χ2n) is 6.87. The number of nitrogens with zero attached hydrogens (tertiary/aromatic N) is 1. The van der Waals surface area contributed by atoms with E-state index < -0.39 is 0 Å². The lowest BCUT2D eigenvalue weighted by atomic mass is 9.85. The first-order valence-electron chi connectivity index (χ1n) is 7.39. The minimum Gasteiger partial charge on any atom is -0.507 e. The Balaban J connectivity index is 2.05. The molecule has 1 saturated heterocycles. The van der Waals surface area contributed by atoms with Gasteiger partial charge in [-0.2, -0.15) is 0 Å². The molecule has 0 saturated carbocycles. The number of hydrogen-bond acceptors (Lipinski definition) is 2. The molecule has 1 fully saturated rings. The molecule has 2 nitrogen and oxygen atoms in total. The molecule has 19 heavy (non-hydrogen) atoms. The highest BCUT2D eigenvalue weighted by Gasteiger charge is 2.23. The van der Waals surface area contributed by atoms with Crippen LogP contribution in [0.15, 0.2) is 12.1 Å². The molecule has 0 spiro atoms. The van der Waals surface area contributed by atoms with Crippen molar-refractivity contribution in [3.05, 3.63) is 28.8 Å². The lowest BCUT2D eigenvalue weighted by molar-refractivity contribution is 0.255. The molecular formula is C17H27NO. The summed E-state index contributed by atoms with van der Waals surface area (Å²) < 4.78 is 0. The summed E-state index contributed by atoms with van der Waals surface area (Å²) in [5.41, 5.74) is 3.80. The normalized spacial score (nSPS) is 20.2. The summed E-state index contributed by atoms with van der Waals surface area (Å²) >= 11 is 0. The molecule has 0 bridgehead atoms. The fraction of sp³-hybridized carbons (Fsp3) is 0.647. The molecule has 0 radical (unpaired) electrons. The van der Waals surface area contributed by atoms with Crippen molar-refractivity contribution in [2.24, 2.45) is 5.41 Å². The third-order valence-electron chi connectivity index (χ3n) is 4.39. The first-order valence-corrected chi connectivity index (χ1v) is 7.39. The first-order chi connectivity index (χ1) is 8.87. The van der Waals surface area contributed by atoms with E-state index in [4.69, 9.17) is 0 Å². The zero-order valence-electron chi connectivity index (χ0n) is 12.8. The summed E-state index contributed by atoms with van der Waals surface area (Å²) in [4.78, 5) is 2.56. The summed E-state index contributed by atoms with van der Waals surface area (Å²) in [6.07, 6.45) is 3.91. The maximum atomic E-state index is 9.84. The Bertz CT molecular complexity index is 428. The van der Waals surface area contributed by atoms with Gasteiger partial charge in [-0.3, -0.25) is 4.90 Å². The highest BCUT2D eigenvalue weighted by Crippen LogP contribution is 2.30. The quantitative estimate of drug-likeness (QED) is 0.869. The van der Waals surface area contributed by atoms with Gasteiger partial charge in [-0.1, -0.05) is 26.0 Å². The Hall–Kier alpha value is -1.02. The smallest absolute Gasteiger partial charge is 0.121 e. The maximum Gasteiger partial charge on any atom is 0.121 e. The van der Waals surface area contributed by atoms with E-state index >= 15 is 0 Å². The van der Waals surface area contributed by atoms with Crippen LogP contribution in [0.2, 0.25) is 0 Å². The molecule has 1 aliphatic heterocycles. The molecule has 0 atom stereocenters. The van der Waals surface area contributed by atoms with Crippen LogP contribution >= 0.6 is 0 Å². The summed E-state index contributed by atoms with van der Waals surface area (Å²) in [7, 11) is 0. The molecule has 1 aromatic rings. The summed E-state index contributed by atoms with van der Waals surface area (Å²) in [6.45, 7) is 12.1. The van der Waals surface area contributed by atoms with Crippen LogP contribution in [0.5, 0.6) is 5.75 Å². The predicted octanol–water partition coefficient (Wildman–Crippen LogP) is 4.02. The van der Waals surface area contributed by atoms with E-state index in [2.05, 4.69) is 30.9 Å². The van der Waals surface area contributed by atoms with Crippen molar-refractivity contribution >= 4 is 0 Å². The standard InChI is InChI=1S/C17H27NO/c1-13-10-15(11-14(2)16(13)19)12-18-8-5-6-17(3,4)7-9-18/h10-11,19H,5-9,12H2,1-4H3. The van der Waals surface area contributed by atoms with Crippen LogP contribution in [-0.4, -0.2) is 23.1 Å². The number of aryl methyl sites for hydroxylation is 2. The molecule has 2 rings (SSSR count). The van der Waals surface area contributed by atoms with Crippen LogP contribution in [0.25, 0.3) is 0 Å². The highest BCUT2D eigenvalue weighted by molar-refractivity contribution is 5.42. The number of benzene rings is 1. The van der Waals surface area contributed by atoms with E-state index in [1.165, 1.54) is 37.9 Å². The predicted molar refractivity (Wildman–Crippen MR) is 80.5 cm³/mol. The van der Waals surface area contributed by atoms with Crippen LogP contribution in [0, 0.1) is 19.3 Å². The number of likely N-dealkylation sites (tertiary alicyclic amines) is 1. The lowest BCUT2D eigenvalue weighted by Gasteiger charge is -2.23. The Morgan fingerprint density at radius 1 is 1.11 bits per heavy atom. The SMILES string of the molecule is Cc1cc(CN2CCCC(C)(C)CC2)cc(C)c1O. The molecule has 0 unspecified atom stereocenters. The maximum absolute atomic E-state index is 9.84. The van der Waals surface area contributed by atoms with Gasteiger partial charge >= 0.3 is 0 Å².